The summed E-state index contributed by atoms with van der Waals surface area (Å²) in [7, 11) is -4.71. The summed E-state index contributed by atoms with van der Waals surface area (Å²) in [4.78, 5) is 16.2. The van der Waals surface area contributed by atoms with Crippen LogP contribution in [0.5, 0.6) is 5.75 Å². The lowest BCUT2D eigenvalue weighted by Gasteiger charge is -1.98. The molecule has 1 heterocycles. The zero-order chi connectivity index (χ0) is 10.1. The molecule has 13 heavy (non-hydrogen) atoms. The van der Waals surface area contributed by atoms with E-state index in [9.17, 15) is 13.2 Å². The molecule has 0 aliphatic carbocycles. The molecular formula is C4H5N3O5S. The topological polar surface area (TPSA) is 135 Å². The summed E-state index contributed by atoms with van der Waals surface area (Å²) in [5, 5.41) is 0. The minimum atomic E-state index is -4.71. The number of rotatable bonds is 2. The second-order valence-corrected chi connectivity index (χ2v) is 3.00. The van der Waals surface area contributed by atoms with Crippen molar-refractivity contribution >= 4 is 16.3 Å². The van der Waals surface area contributed by atoms with Crippen LogP contribution < -0.4 is 15.5 Å². The van der Waals surface area contributed by atoms with Crippen molar-refractivity contribution in [2.45, 2.75) is 0 Å². The molecule has 9 heteroatoms. The van der Waals surface area contributed by atoms with Crippen LogP contribution in [0.15, 0.2) is 11.0 Å². The van der Waals surface area contributed by atoms with Crippen molar-refractivity contribution in [2.24, 2.45) is 0 Å². The lowest BCUT2D eigenvalue weighted by molar-refractivity contribution is 0.384. The Labute approximate surface area is 72.3 Å². The molecule has 0 fully saturated rings. The van der Waals surface area contributed by atoms with Gasteiger partial charge in [-0.25, -0.2) is 4.98 Å². The minimum Gasteiger partial charge on any atom is -0.369 e. The molecule has 0 saturated heterocycles. The summed E-state index contributed by atoms with van der Waals surface area (Å²) in [6.45, 7) is 0. The summed E-state index contributed by atoms with van der Waals surface area (Å²) in [5.74, 6) is -0.843. The van der Waals surface area contributed by atoms with E-state index in [-0.39, 0.29) is 5.95 Å². The number of nitrogen functional groups attached to an aromatic ring is 1. The average molecular weight is 207 g/mol. The van der Waals surface area contributed by atoms with E-state index in [1.54, 1.807) is 0 Å². The van der Waals surface area contributed by atoms with Crippen molar-refractivity contribution in [3.05, 3.63) is 16.6 Å². The highest BCUT2D eigenvalue weighted by Crippen LogP contribution is 2.02. The number of hydrogen-bond donors (Lipinski definition) is 3. The molecule has 1 aromatic rings. The van der Waals surface area contributed by atoms with Gasteiger partial charge in [0.15, 0.2) is 5.95 Å². The maximum absolute atomic E-state index is 10.8. The fourth-order valence-electron chi connectivity index (χ4n) is 0.570. The Morgan fingerprint density at radius 2 is 2.23 bits per heavy atom. The van der Waals surface area contributed by atoms with E-state index < -0.39 is 21.7 Å². The first-order chi connectivity index (χ1) is 5.88. The van der Waals surface area contributed by atoms with Crippen molar-refractivity contribution in [3.63, 3.8) is 0 Å². The van der Waals surface area contributed by atoms with Gasteiger partial charge >= 0.3 is 10.4 Å². The van der Waals surface area contributed by atoms with E-state index in [0.717, 1.165) is 6.20 Å². The molecule has 0 aliphatic rings. The van der Waals surface area contributed by atoms with Gasteiger partial charge in [0.1, 0.15) is 0 Å². The maximum Gasteiger partial charge on any atom is 0.446 e. The van der Waals surface area contributed by atoms with Gasteiger partial charge in [-0.2, -0.15) is 8.42 Å². The molecule has 0 atom stereocenters. The first kappa shape index (κ1) is 9.48. The number of H-pyrrole nitrogens is 1. The van der Waals surface area contributed by atoms with Crippen LogP contribution >= 0.6 is 0 Å². The van der Waals surface area contributed by atoms with Gasteiger partial charge in [-0.3, -0.25) is 14.3 Å². The average Bonchev–Trinajstić information content (AvgIpc) is 1.93. The zero-order valence-corrected chi connectivity index (χ0v) is 6.91. The van der Waals surface area contributed by atoms with Crippen LogP contribution in [0.2, 0.25) is 0 Å². The Morgan fingerprint density at radius 1 is 1.62 bits per heavy atom. The van der Waals surface area contributed by atoms with Crippen LogP contribution in [-0.4, -0.2) is 22.9 Å². The molecule has 0 bridgehead atoms. The standard InChI is InChI=1S/C4H5N3O5S/c5-4-6-1-2(3(8)7-4)12-13(9,10)11/h1H,(H,9,10,11)(H3,5,6,7,8). The van der Waals surface area contributed by atoms with E-state index in [1.165, 1.54) is 0 Å². The molecule has 8 nitrogen and oxygen atoms in total. The Bertz CT molecular complexity index is 463. The third-order valence-electron chi connectivity index (χ3n) is 0.981. The zero-order valence-electron chi connectivity index (χ0n) is 6.09. The van der Waals surface area contributed by atoms with Crippen molar-refractivity contribution < 1.29 is 17.2 Å². The molecule has 0 unspecified atom stereocenters. The Kier molecular flexibility index (Phi) is 2.21. The molecule has 1 rings (SSSR count). The number of hydrogen-bond acceptors (Lipinski definition) is 6. The summed E-state index contributed by atoms with van der Waals surface area (Å²) in [6, 6.07) is 0. The van der Waals surface area contributed by atoms with Crippen molar-refractivity contribution in [1.82, 2.24) is 9.97 Å². The van der Waals surface area contributed by atoms with E-state index in [4.69, 9.17) is 10.3 Å². The maximum atomic E-state index is 10.8. The number of anilines is 1. The van der Waals surface area contributed by atoms with Crippen molar-refractivity contribution in [3.8, 4) is 5.75 Å². The lowest BCUT2D eigenvalue weighted by Crippen LogP contribution is -2.17. The predicted molar refractivity (Wildman–Crippen MR) is 41.4 cm³/mol. The molecule has 72 valence electrons. The Balaban J connectivity index is 3.12. The van der Waals surface area contributed by atoms with Gasteiger partial charge in [0, 0.05) is 0 Å². The van der Waals surface area contributed by atoms with Gasteiger partial charge in [0.2, 0.25) is 5.75 Å². The van der Waals surface area contributed by atoms with Crippen LogP contribution in [-0.2, 0) is 10.4 Å². The van der Waals surface area contributed by atoms with Gasteiger partial charge in [0.25, 0.3) is 5.56 Å². The predicted octanol–water partition coefficient (Wildman–Crippen LogP) is -1.47. The van der Waals surface area contributed by atoms with E-state index in [2.05, 4.69) is 9.17 Å². The number of nitrogens with zero attached hydrogens (tertiary/aromatic N) is 1. The number of nitrogens with one attached hydrogen (secondary N) is 1. The molecule has 0 spiro atoms. The van der Waals surface area contributed by atoms with Gasteiger partial charge in [0.05, 0.1) is 6.20 Å². The van der Waals surface area contributed by atoms with Gasteiger partial charge < -0.3 is 9.92 Å². The van der Waals surface area contributed by atoms with E-state index in [0.29, 0.717) is 0 Å². The monoisotopic (exact) mass is 207 g/mol. The normalized spacial score (nSPS) is 11.2. The lowest BCUT2D eigenvalue weighted by atomic mass is 10.6. The van der Waals surface area contributed by atoms with Crippen LogP contribution in [0.25, 0.3) is 0 Å². The van der Waals surface area contributed by atoms with Gasteiger partial charge in [-0.15, -0.1) is 0 Å². The van der Waals surface area contributed by atoms with E-state index in [1.807, 2.05) is 4.98 Å². The molecule has 0 radical (unpaired) electrons. The first-order valence-corrected chi connectivity index (χ1v) is 4.27. The summed E-state index contributed by atoms with van der Waals surface area (Å²) < 4.78 is 32.4. The van der Waals surface area contributed by atoms with Crippen LogP contribution in [0, 0.1) is 0 Å². The molecule has 0 saturated carbocycles. The highest BCUT2D eigenvalue weighted by Gasteiger charge is 2.10. The SMILES string of the molecule is Nc1ncc(OS(=O)(=O)O)c(=O)[nH]1. The molecule has 4 N–H and O–H groups in total. The Morgan fingerprint density at radius 3 is 2.69 bits per heavy atom. The smallest absolute Gasteiger partial charge is 0.369 e. The minimum absolute atomic E-state index is 0.187. The molecule has 0 amide bonds. The highest BCUT2D eigenvalue weighted by molar-refractivity contribution is 7.81. The van der Waals surface area contributed by atoms with Crippen LogP contribution in [0.3, 0.4) is 0 Å². The molecule has 0 aromatic carbocycles. The van der Waals surface area contributed by atoms with Gasteiger partial charge in [-0.05, 0) is 0 Å². The largest absolute Gasteiger partial charge is 0.446 e. The molecular weight excluding hydrogens is 202 g/mol. The third kappa shape index (κ3) is 2.72. The van der Waals surface area contributed by atoms with Crippen LogP contribution in [0.1, 0.15) is 0 Å². The fourth-order valence-corrected chi connectivity index (χ4v) is 0.915. The number of nitrogens with two attached hydrogens (primary N) is 1. The number of aromatic nitrogens is 2. The highest BCUT2D eigenvalue weighted by atomic mass is 32.3. The summed E-state index contributed by atoms with van der Waals surface area (Å²) >= 11 is 0. The quantitative estimate of drug-likeness (QED) is 0.504. The Hall–Kier alpha value is -1.61. The fraction of sp³-hybridized carbons (Fsp3) is 0. The number of aromatic amines is 1. The van der Waals surface area contributed by atoms with Gasteiger partial charge in [-0.1, -0.05) is 0 Å². The summed E-state index contributed by atoms with van der Waals surface area (Å²) in [5.41, 5.74) is 4.16. The second-order valence-electron chi connectivity index (χ2n) is 1.97. The molecule has 0 aliphatic heterocycles. The first-order valence-electron chi connectivity index (χ1n) is 2.90. The second kappa shape index (κ2) is 3.03. The van der Waals surface area contributed by atoms with E-state index >= 15 is 0 Å². The van der Waals surface area contributed by atoms with Crippen molar-refractivity contribution in [2.75, 3.05) is 5.73 Å². The van der Waals surface area contributed by atoms with Crippen molar-refractivity contribution in [1.29, 1.82) is 0 Å². The molecule has 1 aromatic heterocycles. The van der Waals surface area contributed by atoms with Crippen LogP contribution in [0.4, 0.5) is 5.95 Å². The third-order valence-corrected chi connectivity index (χ3v) is 1.37. The summed E-state index contributed by atoms with van der Waals surface area (Å²) in [6.07, 6.45) is 0.780.